The van der Waals surface area contributed by atoms with E-state index in [0.29, 0.717) is 0 Å². The summed E-state index contributed by atoms with van der Waals surface area (Å²) >= 11 is 1.92. The number of hydrogen-bond acceptors (Lipinski definition) is 2. The lowest BCUT2D eigenvalue weighted by Crippen LogP contribution is -2.37. The maximum atomic E-state index is 3.49. The molecule has 1 nitrogen and oxygen atoms in total. The van der Waals surface area contributed by atoms with Crippen LogP contribution in [-0.2, 0) is 6.54 Å². The summed E-state index contributed by atoms with van der Waals surface area (Å²) < 4.78 is 0. The van der Waals surface area contributed by atoms with Crippen LogP contribution in [0.15, 0.2) is 24.3 Å². The Hall–Kier alpha value is -0.253. The SMILES string of the molecule is CSCCCNCc1ccc([Si](C)(C)C)cc1. The topological polar surface area (TPSA) is 12.0 Å². The zero-order valence-electron chi connectivity index (χ0n) is 11.5. The van der Waals surface area contributed by atoms with E-state index >= 15 is 0 Å². The fourth-order valence-electron chi connectivity index (χ4n) is 1.70. The van der Waals surface area contributed by atoms with Gasteiger partial charge in [-0.25, -0.2) is 0 Å². The van der Waals surface area contributed by atoms with E-state index in [0.717, 1.165) is 13.1 Å². The van der Waals surface area contributed by atoms with Gasteiger partial charge in [-0.1, -0.05) is 49.1 Å². The van der Waals surface area contributed by atoms with Crippen LogP contribution in [0.4, 0.5) is 0 Å². The molecule has 0 amide bonds. The smallest absolute Gasteiger partial charge is 0.0775 e. The molecule has 1 N–H and O–H groups in total. The van der Waals surface area contributed by atoms with Crippen molar-refractivity contribution >= 4 is 25.0 Å². The van der Waals surface area contributed by atoms with Gasteiger partial charge in [0.25, 0.3) is 0 Å². The number of rotatable bonds is 7. The van der Waals surface area contributed by atoms with Crippen molar-refractivity contribution in [2.45, 2.75) is 32.6 Å². The van der Waals surface area contributed by atoms with Gasteiger partial charge in [0.2, 0.25) is 0 Å². The van der Waals surface area contributed by atoms with Gasteiger partial charge in [0.1, 0.15) is 0 Å². The van der Waals surface area contributed by atoms with Gasteiger partial charge >= 0.3 is 0 Å². The summed E-state index contributed by atoms with van der Waals surface area (Å²) in [5.74, 6) is 1.25. The third-order valence-corrected chi connectivity index (χ3v) is 5.61. The van der Waals surface area contributed by atoms with E-state index in [9.17, 15) is 0 Å². The molecular weight excluding hydrogens is 242 g/mol. The van der Waals surface area contributed by atoms with Crippen molar-refractivity contribution in [2.75, 3.05) is 18.6 Å². The van der Waals surface area contributed by atoms with Crippen molar-refractivity contribution < 1.29 is 0 Å². The van der Waals surface area contributed by atoms with E-state index < -0.39 is 8.07 Å². The van der Waals surface area contributed by atoms with E-state index in [1.807, 2.05) is 11.8 Å². The van der Waals surface area contributed by atoms with E-state index in [4.69, 9.17) is 0 Å². The van der Waals surface area contributed by atoms with Crippen LogP contribution in [0.2, 0.25) is 19.6 Å². The van der Waals surface area contributed by atoms with Gasteiger partial charge in [0.15, 0.2) is 0 Å². The van der Waals surface area contributed by atoms with Crippen LogP contribution in [0, 0.1) is 0 Å². The lowest BCUT2D eigenvalue weighted by atomic mass is 10.2. The minimum absolute atomic E-state index is 1.00. The Morgan fingerprint density at radius 2 is 1.76 bits per heavy atom. The molecule has 0 aliphatic rings. The van der Waals surface area contributed by atoms with Gasteiger partial charge in [0.05, 0.1) is 8.07 Å². The first kappa shape index (κ1) is 14.8. The van der Waals surface area contributed by atoms with Crippen LogP contribution in [0.1, 0.15) is 12.0 Å². The van der Waals surface area contributed by atoms with Crippen LogP contribution < -0.4 is 10.5 Å². The van der Waals surface area contributed by atoms with Crippen LogP contribution >= 0.6 is 11.8 Å². The standard InChI is InChI=1S/C14H25NSSi/c1-16-11-5-10-15-12-13-6-8-14(9-7-13)17(2,3)4/h6-9,15H,5,10-12H2,1-4H3. The van der Waals surface area contributed by atoms with Crippen LogP contribution in [0.5, 0.6) is 0 Å². The van der Waals surface area contributed by atoms with Gasteiger partial charge in [-0.15, -0.1) is 0 Å². The molecular formula is C14H25NSSi. The highest BCUT2D eigenvalue weighted by Crippen LogP contribution is 2.04. The molecule has 1 aromatic rings. The Balaban J connectivity index is 2.36. The molecule has 1 aromatic carbocycles. The molecule has 17 heavy (non-hydrogen) atoms. The number of thioether (sulfide) groups is 1. The molecule has 96 valence electrons. The normalized spacial score (nSPS) is 11.8. The van der Waals surface area contributed by atoms with Gasteiger partial charge in [-0.05, 0) is 30.5 Å². The van der Waals surface area contributed by atoms with Crippen molar-refractivity contribution in [3.8, 4) is 0 Å². The van der Waals surface area contributed by atoms with Crippen molar-refractivity contribution in [3.63, 3.8) is 0 Å². The summed E-state index contributed by atoms with van der Waals surface area (Å²) in [6.45, 7) is 9.30. The molecule has 0 saturated carbocycles. The first-order valence-corrected chi connectivity index (χ1v) is 11.2. The monoisotopic (exact) mass is 267 g/mol. The first-order valence-electron chi connectivity index (χ1n) is 6.33. The summed E-state index contributed by atoms with van der Waals surface area (Å²) in [6.07, 6.45) is 3.42. The Kier molecular flexibility index (Phi) is 6.31. The third-order valence-electron chi connectivity index (χ3n) is 2.85. The Morgan fingerprint density at radius 1 is 1.12 bits per heavy atom. The molecule has 0 bridgehead atoms. The minimum atomic E-state index is -1.13. The molecule has 0 heterocycles. The molecule has 0 fully saturated rings. The molecule has 0 radical (unpaired) electrons. The van der Waals surface area contributed by atoms with Gasteiger partial charge in [-0.2, -0.15) is 11.8 Å². The maximum absolute atomic E-state index is 3.49. The fourth-order valence-corrected chi connectivity index (χ4v) is 3.30. The van der Waals surface area contributed by atoms with Crippen molar-refractivity contribution in [1.29, 1.82) is 0 Å². The molecule has 3 heteroatoms. The predicted octanol–water partition coefficient (Wildman–Crippen LogP) is 3.07. The van der Waals surface area contributed by atoms with Crippen LogP contribution in [-0.4, -0.2) is 26.6 Å². The highest BCUT2D eigenvalue weighted by molar-refractivity contribution is 7.98. The maximum Gasteiger partial charge on any atom is 0.0775 e. The first-order chi connectivity index (χ1) is 8.04. The summed E-state index contributed by atoms with van der Waals surface area (Å²) in [7, 11) is -1.13. The molecule has 0 aromatic heterocycles. The highest BCUT2D eigenvalue weighted by Gasteiger charge is 2.15. The van der Waals surface area contributed by atoms with E-state index in [2.05, 4.69) is 55.5 Å². The number of benzene rings is 1. The lowest BCUT2D eigenvalue weighted by molar-refractivity contribution is 0.679. The zero-order valence-corrected chi connectivity index (χ0v) is 13.4. The highest BCUT2D eigenvalue weighted by atomic mass is 32.2. The Labute approximate surface area is 111 Å². The largest absolute Gasteiger partial charge is 0.313 e. The fraction of sp³-hybridized carbons (Fsp3) is 0.571. The average molecular weight is 268 g/mol. The van der Waals surface area contributed by atoms with Gasteiger partial charge in [0, 0.05) is 6.54 Å². The van der Waals surface area contributed by atoms with Crippen LogP contribution in [0.3, 0.4) is 0 Å². The Morgan fingerprint density at radius 3 is 2.29 bits per heavy atom. The van der Waals surface area contributed by atoms with Crippen molar-refractivity contribution in [2.24, 2.45) is 0 Å². The van der Waals surface area contributed by atoms with Crippen LogP contribution in [0.25, 0.3) is 0 Å². The second-order valence-electron chi connectivity index (χ2n) is 5.47. The number of nitrogens with one attached hydrogen (secondary N) is 1. The van der Waals surface area contributed by atoms with Gasteiger partial charge < -0.3 is 5.32 Å². The quantitative estimate of drug-likeness (QED) is 0.602. The molecule has 1 rings (SSSR count). The average Bonchev–Trinajstić information content (AvgIpc) is 2.28. The zero-order chi connectivity index (χ0) is 12.7. The Bertz CT molecular complexity index is 316. The summed E-state index contributed by atoms with van der Waals surface area (Å²) in [6, 6.07) is 9.17. The van der Waals surface area contributed by atoms with E-state index in [1.165, 1.54) is 17.7 Å². The summed E-state index contributed by atoms with van der Waals surface area (Å²) in [5.41, 5.74) is 1.40. The second-order valence-corrected chi connectivity index (χ2v) is 11.5. The van der Waals surface area contributed by atoms with Crippen molar-refractivity contribution in [1.82, 2.24) is 5.32 Å². The molecule has 0 aliphatic heterocycles. The predicted molar refractivity (Wildman–Crippen MR) is 84.1 cm³/mol. The molecule has 0 spiro atoms. The molecule has 0 aliphatic carbocycles. The molecule has 0 atom stereocenters. The van der Waals surface area contributed by atoms with Gasteiger partial charge in [-0.3, -0.25) is 0 Å². The lowest BCUT2D eigenvalue weighted by Gasteiger charge is -2.16. The van der Waals surface area contributed by atoms with Crippen molar-refractivity contribution in [3.05, 3.63) is 29.8 Å². The summed E-state index contributed by atoms with van der Waals surface area (Å²) in [4.78, 5) is 0. The minimum Gasteiger partial charge on any atom is -0.313 e. The number of hydrogen-bond donors (Lipinski definition) is 1. The third kappa shape index (κ3) is 5.75. The van der Waals surface area contributed by atoms with E-state index in [-0.39, 0.29) is 0 Å². The summed E-state index contributed by atoms with van der Waals surface area (Å²) in [5, 5.41) is 5.04. The molecule has 0 saturated heterocycles. The van der Waals surface area contributed by atoms with E-state index in [1.54, 1.807) is 5.19 Å². The molecule has 0 unspecified atom stereocenters. The second kappa shape index (κ2) is 7.24.